The van der Waals surface area contributed by atoms with Crippen LogP contribution in [-0.4, -0.2) is 7.05 Å². The first-order valence-corrected chi connectivity index (χ1v) is 9.45. The molecule has 1 N–H and O–H groups in total. The molecule has 0 bridgehead atoms. The SMILES string of the molecule is CNC1Cc2ccccc2/C2=C(/CCCCCC2)c2ccccc21. The number of likely N-dealkylation sites (N-methyl/N-ethyl adjacent to an activating group) is 1. The predicted molar refractivity (Wildman–Crippen MR) is 103 cm³/mol. The van der Waals surface area contributed by atoms with Gasteiger partial charge >= 0.3 is 0 Å². The number of rotatable bonds is 1. The van der Waals surface area contributed by atoms with Crippen LogP contribution in [0.1, 0.15) is 66.8 Å². The molecule has 4 rings (SSSR count). The summed E-state index contributed by atoms with van der Waals surface area (Å²) in [5.41, 5.74) is 9.19. The van der Waals surface area contributed by atoms with Gasteiger partial charge in [0.15, 0.2) is 0 Å². The quantitative estimate of drug-likeness (QED) is 0.704. The van der Waals surface area contributed by atoms with Crippen LogP contribution in [0.25, 0.3) is 11.1 Å². The van der Waals surface area contributed by atoms with Crippen molar-refractivity contribution in [3.63, 3.8) is 0 Å². The molecule has 1 unspecified atom stereocenters. The average Bonchev–Trinajstić information content (AvgIpc) is 2.60. The summed E-state index contributed by atoms with van der Waals surface area (Å²) in [5, 5.41) is 3.57. The van der Waals surface area contributed by atoms with Crippen LogP contribution in [0, 0.1) is 0 Å². The summed E-state index contributed by atoms with van der Waals surface area (Å²) in [6.07, 6.45) is 8.91. The molecule has 2 aliphatic rings. The highest BCUT2D eigenvalue weighted by Crippen LogP contribution is 2.42. The van der Waals surface area contributed by atoms with Crippen LogP contribution in [-0.2, 0) is 6.42 Å². The van der Waals surface area contributed by atoms with Crippen molar-refractivity contribution in [1.29, 1.82) is 0 Å². The molecule has 0 radical (unpaired) electrons. The molecule has 0 spiro atoms. The molecule has 0 amide bonds. The molecule has 0 aromatic heterocycles. The van der Waals surface area contributed by atoms with Gasteiger partial charge in [-0.05, 0) is 72.6 Å². The molecule has 24 heavy (non-hydrogen) atoms. The molecule has 0 saturated carbocycles. The fourth-order valence-corrected chi connectivity index (χ4v) is 4.51. The van der Waals surface area contributed by atoms with E-state index < -0.39 is 0 Å². The van der Waals surface area contributed by atoms with Gasteiger partial charge in [-0.15, -0.1) is 0 Å². The molecule has 0 aliphatic heterocycles. The molecule has 124 valence electrons. The third kappa shape index (κ3) is 2.82. The third-order valence-electron chi connectivity index (χ3n) is 5.74. The lowest BCUT2D eigenvalue weighted by atomic mass is 9.78. The Hall–Kier alpha value is -1.86. The third-order valence-corrected chi connectivity index (χ3v) is 5.74. The van der Waals surface area contributed by atoms with Gasteiger partial charge in [0.05, 0.1) is 0 Å². The summed E-state index contributed by atoms with van der Waals surface area (Å²) in [4.78, 5) is 0. The summed E-state index contributed by atoms with van der Waals surface area (Å²) in [6.45, 7) is 0. The largest absolute Gasteiger partial charge is 0.313 e. The van der Waals surface area contributed by atoms with Crippen molar-refractivity contribution < 1.29 is 0 Å². The summed E-state index contributed by atoms with van der Waals surface area (Å²) in [6, 6.07) is 18.6. The van der Waals surface area contributed by atoms with Crippen LogP contribution in [0.4, 0.5) is 0 Å². The lowest BCUT2D eigenvalue weighted by molar-refractivity contribution is 0.586. The first kappa shape index (κ1) is 15.7. The van der Waals surface area contributed by atoms with E-state index in [9.17, 15) is 0 Å². The monoisotopic (exact) mass is 317 g/mol. The van der Waals surface area contributed by atoms with Gasteiger partial charge < -0.3 is 5.32 Å². The van der Waals surface area contributed by atoms with Crippen LogP contribution in [0.2, 0.25) is 0 Å². The zero-order chi connectivity index (χ0) is 16.4. The normalized spacial score (nSPS) is 23.8. The lowest BCUT2D eigenvalue weighted by Gasteiger charge is -2.29. The Kier molecular flexibility index (Phi) is 4.53. The van der Waals surface area contributed by atoms with E-state index >= 15 is 0 Å². The minimum atomic E-state index is 0.391. The number of hydrogen-bond donors (Lipinski definition) is 1. The van der Waals surface area contributed by atoms with Crippen molar-refractivity contribution in [3.8, 4) is 0 Å². The van der Waals surface area contributed by atoms with Gasteiger partial charge in [0.1, 0.15) is 0 Å². The zero-order valence-corrected chi connectivity index (χ0v) is 14.6. The summed E-state index contributed by atoms with van der Waals surface area (Å²) < 4.78 is 0. The molecular formula is C23H27N. The van der Waals surface area contributed by atoms with Crippen LogP contribution < -0.4 is 5.32 Å². The predicted octanol–water partition coefficient (Wildman–Crippen LogP) is 5.77. The van der Waals surface area contributed by atoms with Crippen LogP contribution in [0.5, 0.6) is 0 Å². The second kappa shape index (κ2) is 6.94. The van der Waals surface area contributed by atoms with Crippen molar-refractivity contribution in [1.82, 2.24) is 5.32 Å². The van der Waals surface area contributed by atoms with E-state index in [0.717, 1.165) is 6.42 Å². The highest BCUT2D eigenvalue weighted by Gasteiger charge is 2.24. The highest BCUT2D eigenvalue weighted by atomic mass is 14.9. The van der Waals surface area contributed by atoms with E-state index in [1.54, 1.807) is 11.1 Å². The number of benzene rings is 2. The second-order valence-corrected chi connectivity index (χ2v) is 7.16. The van der Waals surface area contributed by atoms with E-state index in [0.29, 0.717) is 6.04 Å². The minimum absolute atomic E-state index is 0.391. The maximum atomic E-state index is 3.57. The van der Waals surface area contributed by atoms with Crippen molar-refractivity contribution in [2.75, 3.05) is 7.05 Å². The molecule has 1 atom stereocenters. The Morgan fingerprint density at radius 2 is 1.38 bits per heavy atom. The number of nitrogens with one attached hydrogen (secondary N) is 1. The van der Waals surface area contributed by atoms with Gasteiger partial charge in [-0.3, -0.25) is 0 Å². The van der Waals surface area contributed by atoms with Crippen LogP contribution in [0.3, 0.4) is 0 Å². The summed E-state index contributed by atoms with van der Waals surface area (Å²) >= 11 is 0. The average molecular weight is 317 g/mol. The van der Waals surface area contributed by atoms with Crippen molar-refractivity contribution in [3.05, 3.63) is 70.8 Å². The standard InChI is InChI=1S/C23H27N/c1-24-23-16-17-10-6-7-11-18(17)19-12-4-2-3-5-13-20(19)21-14-8-9-15-22(21)23/h6-11,14-15,23-24H,2-5,12-13,16H2,1H3/b20-19-. The van der Waals surface area contributed by atoms with Gasteiger partial charge in [-0.25, -0.2) is 0 Å². The van der Waals surface area contributed by atoms with Gasteiger partial charge in [-0.2, -0.15) is 0 Å². The number of allylic oxidation sites excluding steroid dienone is 2. The molecule has 0 heterocycles. The van der Waals surface area contributed by atoms with Crippen molar-refractivity contribution >= 4 is 11.1 Å². The Bertz CT molecular complexity index is 756. The minimum Gasteiger partial charge on any atom is -0.313 e. The molecule has 1 nitrogen and oxygen atoms in total. The van der Waals surface area contributed by atoms with E-state index in [4.69, 9.17) is 0 Å². The van der Waals surface area contributed by atoms with E-state index in [1.165, 1.54) is 60.8 Å². The first-order chi connectivity index (χ1) is 11.9. The summed E-state index contributed by atoms with van der Waals surface area (Å²) in [5.74, 6) is 0. The molecule has 0 fully saturated rings. The maximum Gasteiger partial charge on any atom is 0.0364 e. The van der Waals surface area contributed by atoms with Gasteiger partial charge in [-0.1, -0.05) is 61.4 Å². The maximum absolute atomic E-state index is 3.57. The second-order valence-electron chi connectivity index (χ2n) is 7.16. The smallest absolute Gasteiger partial charge is 0.0364 e. The Balaban J connectivity index is 1.99. The van der Waals surface area contributed by atoms with Crippen molar-refractivity contribution in [2.45, 2.75) is 51.0 Å². The van der Waals surface area contributed by atoms with Crippen LogP contribution >= 0.6 is 0 Å². The van der Waals surface area contributed by atoms with E-state index in [-0.39, 0.29) is 0 Å². The highest BCUT2D eigenvalue weighted by molar-refractivity contribution is 5.93. The fraction of sp³-hybridized carbons (Fsp3) is 0.391. The molecule has 1 heteroatoms. The topological polar surface area (TPSA) is 12.0 Å². The fourth-order valence-electron chi connectivity index (χ4n) is 4.51. The number of hydrogen-bond acceptors (Lipinski definition) is 1. The van der Waals surface area contributed by atoms with E-state index in [1.807, 2.05) is 0 Å². The molecule has 2 aromatic carbocycles. The number of fused-ring (bicyclic) bond motifs is 4. The van der Waals surface area contributed by atoms with E-state index in [2.05, 4.69) is 60.9 Å². The first-order valence-electron chi connectivity index (χ1n) is 9.45. The lowest BCUT2D eigenvalue weighted by Crippen LogP contribution is -2.22. The zero-order valence-electron chi connectivity index (χ0n) is 14.6. The van der Waals surface area contributed by atoms with Crippen molar-refractivity contribution in [2.24, 2.45) is 0 Å². The Labute approximate surface area is 145 Å². The molecule has 0 saturated heterocycles. The van der Waals surface area contributed by atoms with Gasteiger partial charge in [0.2, 0.25) is 0 Å². The molecule has 2 aromatic rings. The van der Waals surface area contributed by atoms with Gasteiger partial charge in [0, 0.05) is 6.04 Å². The summed E-state index contributed by atoms with van der Waals surface area (Å²) in [7, 11) is 2.10. The molecular weight excluding hydrogens is 290 g/mol. The molecule has 2 aliphatic carbocycles. The van der Waals surface area contributed by atoms with Gasteiger partial charge in [0.25, 0.3) is 0 Å². The Morgan fingerprint density at radius 3 is 2.12 bits per heavy atom. The van der Waals surface area contributed by atoms with Crippen LogP contribution in [0.15, 0.2) is 48.5 Å². The Morgan fingerprint density at radius 1 is 0.750 bits per heavy atom.